The van der Waals surface area contributed by atoms with Gasteiger partial charge in [0, 0.05) is 5.56 Å². The second kappa shape index (κ2) is 5.01. The number of ether oxygens (including phenoxy) is 2. The highest BCUT2D eigenvalue weighted by Crippen LogP contribution is 2.20. The van der Waals surface area contributed by atoms with Crippen molar-refractivity contribution in [2.24, 2.45) is 0 Å². The first-order valence-corrected chi connectivity index (χ1v) is 4.38. The van der Waals surface area contributed by atoms with Crippen molar-refractivity contribution >= 4 is 6.16 Å². The largest absolute Gasteiger partial charge is 0.509 e. The summed E-state index contributed by atoms with van der Waals surface area (Å²) in [5, 5.41) is 8.87. The molecule has 0 amide bonds. The Morgan fingerprint density at radius 3 is 2.67 bits per heavy atom. The summed E-state index contributed by atoms with van der Waals surface area (Å²) in [6.07, 6.45) is -1.77. The first-order chi connectivity index (χ1) is 7.19. The maximum Gasteiger partial charge on any atom is 0.509 e. The summed E-state index contributed by atoms with van der Waals surface area (Å²) >= 11 is 0. The predicted molar refractivity (Wildman–Crippen MR) is 53.0 cm³/mol. The van der Waals surface area contributed by atoms with Crippen LogP contribution >= 0.6 is 0 Å². The second-order valence-electron chi connectivity index (χ2n) is 2.94. The molecule has 0 N–H and O–H groups in total. The molecule has 0 aromatic heterocycles. The molecule has 0 aliphatic rings. The minimum atomic E-state index is -0.918. The third kappa shape index (κ3) is 2.71. The van der Waals surface area contributed by atoms with Crippen molar-refractivity contribution in [2.45, 2.75) is 13.0 Å². The molecular weight excluding hydrogens is 194 g/mol. The van der Waals surface area contributed by atoms with Gasteiger partial charge in [-0.3, -0.25) is 0 Å². The lowest BCUT2D eigenvalue weighted by Gasteiger charge is -2.11. The Labute approximate surface area is 88.0 Å². The number of benzene rings is 1. The molecule has 0 fully saturated rings. The number of nitriles is 1. The van der Waals surface area contributed by atoms with E-state index in [4.69, 9.17) is 10.00 Å². The van der Waals surface area contributed by atoms with Crippen LogP contribution in [0.25, 0.3) is 0 Å². The zero-order chi connectivity index (χ0) is 11.3. The average Bonchev–Trinajstić information content (AvgIpc) is 2.26. The fraction of sp³-hybridized carbons (Fsp3) is 0.273. The van der Waals surface area contributed by atoms with E-state index in [1.807, 2.05) is 25.1 Å². The van der Waals surface area contributed by atoms with Gasteiger partial charge < -0.3 is 9.47 Å². The van der Waals surface area contributed by atoms with Gasteiger partial charge in [-0.2, -0.15) is 5.26 Å². The van der Waals surface area contributed by atoms with Gasteiger partial charge in [0.05, 0.1) is 7.11 Å². The van der Waals surface area contributed by atoms with Crippen LogP contribution in [-0.4, -0.2) is 13.3 Å². The van der Waals surface area contributed by atoms with Crippen LogP contribution in [-0.2, 0) is 9.47 Å². The Bertz CT molecular complexity index is 395. The molecule has 15 heavy (non-hydrogen) atoms. The van der Waals surface area contributed by atoms with E-state index in [0.29, 0.717) is 5.56 Å². The van der Waals surface area contributed by atoms with E-state index in [0.717, 1.165) is 5.56 Å². The van der Waals surface area contributed by atoms with Gasteiger partial charge in [-0.15, -0.1) is 0 Å². The van der Waals surface area contributed by atoms with Crippen LogP contribution in [0.15, 0.2) is 24.3 Å². The summed E-state index contributed by atoms with van der Waals surface area (Å²) in [5.41, 5.74) is 1.57. The fourth-order valence-electron chi connectivity index (χ4n) is 1.18. The van der Waals surface area contributed by atoms with E-state index in [-0.39, 0.29) is 0 Å². The van der Waals surface area contributed by atoms with Gasteiger partial charge in [0.15, 0.2) is 0 Å². The number of carbonyl (C=O) groups is 1. The summed E-state index contributed by atoms with van der Waals surface area (Å²) in [6, 6.07) is 9.13. The first-order valence-electron chi connectivity index (χ1n) is 4.38. The Kier molecular flexibility index (Phi) is 3.69. The molecule has 0 aliphatic carbocycles. The second-order valence-corrected chi connectivity index (χ2v) is 2.94. The zero-order valence-corrected chi connectivity index (χ0v) is 8.56. The molecule has 1 aromatic carbocycles. The molecule has 1 rings (SSSR count). The molecule has 0 saturated heterocycles. The van der Waals surface area contributed by atoms with Crippen LogP contribution in [0.2, 0.25) is 0 Å². The lowest BCUT2D eigenvalue weighted by Crippen LogP contribution is -2.10. The molecule has 1 aromatic rings. The maximum atomic E-state index is 10.9. The van der Waals surface area contributed by atoms with Crippen molar-refractivity contribution in [3.8, 4) is 6.07 Å². The first kappa shape index (κ1) is 11.1. The lowest BCUT2D eigenvalue weighted by molar-refractivity contribution is 0.0542. The molecule has 0 heterocycles. The number of methoxy groups -OCH3 is 1. The van der Waals surface area contributed by atoms with Crippen molar-refractivity contribution in [2.75, 3.05) is 7.11 Å². The van der Waals surface area contributed by atoms with Gasteiger partial charge in [0.25, 0.3) is 0 Å². The molecule has 4 nitrogen and oxygen atoms in total. The molecule has 78 valence electrons. The predicted octanol–water partition coefficient (Wildman–Crippen LogP) is 2.34. The molecular formula is C11H11NO3. The summed E-state index contributed by atoms with van der Waals surface area (Å²) in [7, 11) is 1.20. The van der Waals surface area contributed by atoms with Crippen molar-refractivity contribution in [3.63, 3.8) is 0 Å². The van der Waals surface area contributed by atoms with Crippen LogP contribution in [0.5, 0.6) is 0 Å². The van der Waals surface area contributed by atoms with E-state index in [1.54, 1.807) is 12.1 Å². The Morgan fingerprint density at radius 1 is 1.47 bits per heavy atom. The molecule has 0 saturated carbocycles. The molecule has 1 atom stereocenters. The van der Waals surface area contributed by atoms with Crippen LogP contribution in [0.1, 0.15) is 17.2 Å². The minimum absolute atomic E-state index is 0.672. The molecule has 4 heteroatoms. The molecule has 0 radical (unpaired) electrons. The van der Waals surface area contributed by atoms with Gasteiger partial charge in [0.2, 0.25) is 6.10 Å². The standard InChI is InChI=1S/C11H11NO3/c1-8-5-3-4-6-9(8)10(7-12)15-11(13)14-2/h3-6,10H,1-2H3/t10-/m0/s1. The van der Waals surface area contributed by atoms with Crippen molar-refractivity contribution in [1.82, 2.24) is 0 Å². The Hall–Kier alpha value is -2.02. The summed E-state index contributed by atoms with van der Waals surface area (Å²) < 4.78 is 9.13. The average molecular weight is 205 g/mol. The van der Waals surface area contributed by atoms with Crippen molar-refractivity contribution < 1.29 is 14.3 Å². The lowest BCUT2D eigenvalue weighted by atomic mass is 10.0. The van der Waals surface area contributed by atoms with Crippen molar-refractivity contribution in [3.05, 3.63) is 35.4 Å². The highest BCUT2D eigenvalue weighted by atomic mass is 16.7. The zero-order valence-electron chi connectivity index (χ0n) is 8.56. The Morgan fingerprint density at radius 2 is 2.13 bits per heavy atom. The van der Waals surface area contributed by atoms with Crippen molar-refractivity contribution in [1.29, 1.82) is 5.26 Å². The number of carbonyl (C=O) groups excluding carboxylic acids is 1. The summed E-state index contributed by atoms with van der Waals surface area (Å²) in [4.78, 5) is 10.9. The fourth-order valence-corrected chi connectivity index (χ4v) is 1.18. The van der Waals surface area contributed by atoms with E-state index in [2.05, 4.69) is 4.74 Å². The molecule has 0 bridgehead atoms. The number of hydrogen-bond acceptors (Lipinski definition) is 4. The van der Waals surface area contributed by atoms with Gasteiger partial charge >= 0.3 is 6.16 Å². The van der Waals surface area contributed by atoms with Gasteiger partial charge in [-0.25, -0.2) is 4.79 Å². The van der Waals surface area contributed by atoms with E-state index in [9.17, 15) is 4.79 Å². The van der Waals surface area contributed by atoms with Gasteiger partial charge in [0.1, 0.15) is 6.07 Å². The number of rotatable bonds is 2. The third-order valence-corrected chi connectivity index (χ3v) is 1.97. The maximum absolute atomic E-state index is 10.9. The van der Waals surface area contributed by atoms with E-state index >= 15 is 0 Å². The summed E-state index contributed by atoms with van der Waals surface area (Å²) in [5.74, 6) is 0. The van der Waals surface area contributed by atoms with E-state index in [1.165, 1.54) is 7.11 Å². The van der Waals surface area contributed by atoms with Crippen LogP contribution < -0.4 is 0 Å². The quantitative estimate of drug-likeness (QED) is 0.695. The minimum Gasteiger partial charge on any atom is -0.438 e. The van der Waals surface area contributed by atoms with Gasteiger partial charge in [-0.05, 0) is 12.5 Å². The van der Waals surface area contributed by atoms with E-state index < -0.39 is 12.3 Å². The molecule has 0 unspecified atom stereocenters. The highest BCUT2D eigenvalue weighted by molar-refractivity contribution is 5.60. The SMILES string of the molecule is COC(=O)O[C@@H](C#N)c1ccccc1C. The highest BCUT2D eigenvalue weighted by Gasteiger charge is 2.17. The molecule has 0 aliphatic heterocycles. The van der Waals surface area contributed by atoms with Gasteiger partial charge in [-0.1, -0.05) is 24.3 Å². The molecule has 0 spiro atoms. The number of hydrogen-bond donors (Lipinski definition) is 0. The number of aryl methyl sites for hydroxylation is 1. The third-order valence-electron chi connectivity index (χ3n) is 1.97. The van der Waals surface area contributed by atoms with Crippen LogP contribution in [0.4, 0.5) is 4.79 Å². The smallest absolute Gasteiger partial charge is 0.438 e. The number of nitrogens with zero attached hydrogens (tertiary/aromatic N) is 1. The topological polar surface area (TPSA) is 59.3 Å². The van der Waals surface area contributed by atoms with Crippen LogP contribution in [0.3, 0.4) is 0 Å². The monoisotopic (exact) mass is 205 g/mol. The normalized spacial score (nSPS) is 11.3. The summed E-state index contributed by atoms with van der Waals surface area (Å²) in [6.45, 7) is 1.85. The van der Waals surface area contributed by atoms with Crippen LogP contribution in [0, 0.1) is 18.3 Å². The Balaban J connectivity index is 2.89.